The van der Waals surface area contributed by atoms with Gasteiger partial charge in [-0.05, 0) is 28.9 Å². The number of hydrogen-bond acceptors (Lipinski definition) is 3. The Hall–Kier alpha value is -1.27. The van der Waals surface area contributed by atoms with E-state index in [-0.39, 0.29) is 15.3 Å². The van der Waals surface area contributed by atoms with Gasteiger partial charge < -0.3 is 5.32 Å². The highest BCUT2D eigenvalue weighted by atomic mass is 79.9. The molecule has 0 saturated carbocycles. The van der Waals surface area contributed by atoms with Crippen molar-refractivity contribution in [3.8, 4) is 0 Å². The lowest BCUT2D eigenvalue weighted by Gasteiger charge is -2.10. The van der Waals surface area contributed by atoms with E-state index in [0.717, 1.165) is 12.1 Å². The number of nitrogens with zero attached hydrogens (tertiary/aromatic N) is 2. The fraction of sp³-hybridized carbons (Fsp3) is 0.0909. The number of aromatic nitrogens is 2. The minimum Gasteiger partial charge on any atom is -0.337 e. The Morgan fingerprint density at radius 1 is 1.22 bits per heavy atom. The quantitative estimate of drug-likeness (QED) is 0.660. The Labute approximate surface area is 115 Å². The maximum absolute atomic E-state index is 13.6. The summed E-state index contributed by atoms with van der Waals surface area (Å²) in [5.74, 6) is -0.843. The van der Waals surface area contributed by atoms with E-state index in [1.165, 1.54) is 6.33 Å². The molecule has 7 heteroatoms. The minimum absolute atomic E-state index is 0.0198. The van der Waals surface area contributed by atoms with E-state index < -0.39 is 11.6 Å². The largest absolute Gasteiger partial charge is 0.337 e. The second-order valence-corrected chi connectivity index (χ2v) is 4.72. The van der Waals surface area contributed by atoms with Gasteiger partial charge in [-0.15, -0.1) is 0 Å². The minimum atomic E-state index is -0.600. The molecule has 0 atom stereocenters. The number of halogens is 4. The predicted molar refractivity (Wildman–Crippen MR) is 69.1 cm³/mol. The molecule has 0 aliphatic rings. The summed E-state index contributed by atoms with van der Waals surface area (Å²) in [5, 5.41) is 2.93. The van der Waals surface area contributed by atoms with E-state index in [4.69, 9.17) is 11.6 Å². The predicted octanol–water partition coefficient (Wildman–Crippen LogP) is 4.22. The van der Waals surface area contributed by atoms with E-state index in [0.29, 0.717) is 11.4 Å². The van der Waals surface area contributed by atoms with Gasteiger partial charge in [-0.1, -0.05) is 11.6 Å². The third kappa shape index (κ3) is 2.59. The molecule has 0 saturated heterocycles. The first kappa shape index (κ1) is 13.2. The molecule has 2 rings (SSSR count). The molecular weight excluding hydrogens is 327 g/mol. The van der Waals surface area contributed by atoms with Crippen molar-refractivity contribution >= 4 is 39.0 Å². The van der Waals surface area contributed by atoms with Crippen LogP contribution < -0.4 is 5.32 Å². The standard InChI is InChI=1S/C11H7BrClF2N3/c1-5-10(13)16-4-17-11(5)18-9-3-7(14)6(12)2-8(9)15/h2-4H,1H3,(H,16,17,18). The van der Waals surface area contributed by atoms with Crippen molar-refractivity contribution in [1.29, 1.82) is 0 Å². The summed E-state index contributed by atoms with van der Waals surface area (Å²) in [6.45, 7) is 1.68. The zero-order valence-corrected chi connectivity index (χ0v) is 11.5. The molecule has 0 fully saturated rings. The Bertz CT molecular complexity index is 607. The summed E-state index contributed by atoms with van der Waals surface area (Å²) in [4.78, 5) is 7.69. The van der Waals surface area contributed by atoms with Crippen molar-refractivity contribution < 1.29 is 8.78 Å². The molecule has 0 aliphatic heterocycles. The zero-order chi connectivity index (χ0) is 13.3. The number of rotatable bonds is 2. The van der Waals surface area contributed by atoms with Gasteiger partial charge in [0, 0.05) is 11.6 Å². The summed E-state index contributed by atoms with van der Waals surface area (Å²) in [6, 6.07) is 2.07. The van der Waals surface area contributed by atoms with Gasteiger partial charge in [0.1, 0.15) is 28.9 Å². The average Bonchev–Trinajstić information content (AvgIpc) is 2.32. The van der Waals surface area contributed by atoms with E-state index in [1.54, 1.807) is 6.92 Å². The van der Waals surface area contributed by atoms with Crippen molar-refractivity contribution in [1.82, 2.24) is 9.97 Å². The first-order chi connectivity index (χ1) is 8.49. The van der Waals surface area contributed by atoms with Crippen LogP contribution in [0.2, 0.25) is 5.15 Å². The summed E-state index contributed by atoms with van der Waals surface area (Å²) < 4.78 is 27.0. The number of hydrogen-bond donors (Lipinski definition) is 1. The fourth-order valence-electron chi connectivity index (χ4n) is 1.30. The molecule has 2 aromatic rings. The van der Waals surface area contributed by atoms with E-state index in [1.807, 2.05) is 0 Å². The first-order valence-electron chi connectivity index (χ1n) is 4.87. The van der Waals surface area contributed by atoms with Gasteiger partial charge >= 0.3 is 0 Å². The van der Waals surface area contributed by atoms with Crippen LogP contribution in [0, 0.1) is 18.6 Å². The highest BCUT2D eigenvalue weighted by Gasteiger charge is 2.11. The molecule has 0 bridgehead atoms. The van der Waals surface area contributed by atoms with E-state index >= 15 is 0 Å². The Balaban J connectivity index is 2.40. The van der Waals surface area contributed by atoms with Gasteiger partial charge in [-0.2, -0.15) is 0 Å². The lowest BCUT2D eigenvalue weighted by molar-refractivity contribution is 0.597. The van der Waals surface area contributed by atoms with Gasteiger partial charge in [0.2, 0.25) is 0 Å². The molecular formula is C11H7BrClF2N3. The summed E-state index contributed by atoms with van der Waals surface area (Å²) in [7, 11) is 0. The Kier molecular flexibility index (Phi) is 3.77. The second-order valence-electron chi connectivity index (χ2n) is 3.51. The van der Waals surface area contributed by atoms with Crippen LogP contribution in [0.5, 0.6) is 0 Å². The maximum atomic E-state index is 13.6. The van der Waals surface area contributed by atoms with Crippen LogP contribution in [0.25, 0.3) is 0 Å². The number of benzene rings is 1. The summed E-state index contributed by atoms with van der Waals surface area (Å²) in [5.41, 5.74) is 0.537. The third-order valence-electron chi connectivity index (χ3n) is 2.29. The molecule has 94 valence electrons. The molecule has 1 aromatic carbocycles. The summed E-state index contributed by atoms with van der Waals surface area (Å²) >= 11 is 8.71. The number of anilines is 2. The maximum Gasteiger partial charge on any atom is 0.148 e. The lowest BCUT2D eigenvalue weighted by Crippen LogP contribution is -2.01. The van der Waals surface area contributed by atoms with Crippen LogP contribution in [0.3, 0.4) is 0 Å². The van der Waals surface area contributed by atoms with Crippen molar-refractivity contribution in [2.24, 2.45) is 0 Å². The molecule has 1 heterocycles. The van der Waals surface area contributed by atoms with Gasteiger partial charge in [-0.25, -0.2) is 18.7 Å². The van der Waals surface area contributed by atoms with Crippen LogP contribution in [0.4, 0.5) is 20.3 Å². The smallest absolute Gasteiger partial charge is 0.148 e. The highest BCUT2D eigenvalue weighted by Crippen LogP contribution is 2.27. The Morgan fingerprint density at radius 2 is 1.94 bits per heavy atom. The average molecular weight is 335 g/mol. The van der Waals surface area contributed by atoms with Crippen molar-refractivity contribution in [3.63, 3.8) is 0 Å². The third-order valence-corrected chi connectivity index (χ3v) is 3.27. The molecule has 0 radical (unpaired) electrons. The molecule has 1 N–H and O–H groups in total. The molecule has 3 nitrogen and oxygen atoms in total. The van der Waals surface area contributed by atoms with E-state index in [2.05, 4.69) is 31.2 Å². The molecule has 1 aromatic heterocycles. The number of nitrogens with one attached hydrogen (secondary N) is 1. The monoisotopic (exact) mass is 333 g/mol. The molecule has 0 unspecified atom stereocenters. The van der Waals surface area contributed by atoms with E-state index in [9.17, 15) is 8.78 Å². The van der Waals surface area contributed by atoms with Crippen molar-refractivity contribution in [2.75, 3.05) is 5.32 Å². The van der Waals surface area contributed by atoms with Crippen LogP contribution in [0.15, 0.2) is 22.9 Å². The normalized spacial score (nSPS) is 10.5. The topological polar surface area (TPSA) is 37.8 Å². The SMILES string of the molecule is Cc1c(Cl)ncnc1Nc1cc(F)c(Br)cc1F. The van der Waals surface area contributed by atoms with Crippen LogP contribution in [0.1, 0.15) is 5.56 Å². The van der Waals surface area contributed by atoms with Gasteiger partial charge in [0.05, 0.1) is 10.2 Å². The van der Waals surface area contributed by atoms with Gasteiger partial charge in [0.15, 0.2) is 0 Å². The lowest BCUT2D eigenvalue weighted by atomic mass is 10.2. The van der Waals surface area contributed by atoms with Crippen LogP contribution in [-0.4, -0.2) is 9.97 Å². The van der Waals surface area contributed by atoms with Crippen molar-refractivity contribution in [2.45, 2.75) is 6.92 Å². The molecule has 0 spiro atoms. The molecule has 18 heavy (non-hydrogen) atoms. The molecule has 0 aliphatic carbocycles. The second kappa shape index (κ2) is 5.16. The zero-order valence-electron chi connectivity index (χ0n) is 9.14. The first-order valence-corrected chi connectivity index (χ1v) is 6.05. The highest BCUT2D eigenvalue weighted by molar-refractivity contribution is 9.10. The van der Waals surface area contributed by atoms with Gasteiger partial charge in [-0.3, -0.25) is 0 Å². The van der Waals surface area contributed by atoms with Crippen molar-refractivity contribution in [3.05, 3.63) is 45.3 Å². The molecule has 0 amide bonds. The van der Waals surface area contributed by atoms with Crippen LogP contribution >= 0.6 is 27.5 Å². The summed E-state index contributed by atoms with van der Waals surface area (Å²) in [6.07, 6.45) is 1.24. The Morgan fingerprint density at radius 3 is 2.67 bits per heavy atom. The fourth-order valence-corrected chi connectivity index (χ4v) is 1.75. The van der Waals surface area contributed by atoms with Gasteiger partial charge in [0.25, 0.3) is 0 Å². The van der Waals surface area contributed by atoms with Crippen LogP contribution in [-0.2, 0) is 0 Å².